The maximum Gasteiger partial charge on any atom is 0.136 e. The van der Waals surface area contributed by atoms with Crippen LogP contribution < -0.4 is 5.73 Å². The van der Waals surface area contributed by atoms with Crippen molar-refractivity contribution in [2.75, 3.05) is 5.73 Å². The summed E-state index contributed by atoms with van der Waals surface area (Å²) in [4.78, 5) is 0. The van der Waals surface area contributed by atoms with E-state index in [9.17, 15) is 0 Å². The minimum atomic E-state index is 0.457. The number of anilines is 1. The molecule has 0 radical (unpaired) electrons. The molecule has 1 aromatic rings. The van der Waals surface area contributed by atoms with Crippen LogP contribution in [0.4, 0.5) is 5.82 Å². The van der Waals surface area contributed by atoms with Crippen molar-refractivity contribution in [2.24, 2.45) is 11.8 Å². The van der Waals surface area contributed by atoms with E-state index >= 15 is 0 Å². The minimum absolute atomic E-state index is 0.457. The van der Waals surface area contributed by atoms with Crippen LogP contribution in [0.3, 0.4) is 0 Å². The Labute approximate surface area is 106 Å². The second kappa shape index (κ2) is 4.40. The number of hydrogen-bond acceptors (Lipinski definition) is 2. The summed E-state index contributed by atoms with van der Waals surface area (Å²) in [5.74, 6) is 2.11. The van der Waals surface area contributed by atoms with Gasteiger partial charge < -0.3 is 5.73 Å². The minimum Gasteiger partial charge on any atom is -0.383 e. The molecule has 1 aromatic heterocycles. The molecule has 3 nitrogen and oxygen atoms in total. The number of rotatable bonds is 1. The summed E-state index contributed by atoms with van der Waals surface area (Å²) in [5.41, 5.74) is 7.10. The third-order valence-electron chi connectivity index (χ3n) is 3.81. The zero-order chi connectivity index (χ0) is 11.9. The zero-order valence-electron chi connectivity index (χ0n) is 10.2. The monoisotopic (exact) mass is 285 g/mol. The summed E-state index contributed by atoms with van der Waals surface area (Å²) < 4.78 is 2.99. The molecule has 90 valence electrons. The molecule has 2 N–H and O–H groups in total. The molecule has 1 saturated carbocycles. The molecule has 2 unspecified atom stereocenters. The molecule has 1 heterocycles. The molecule has 0 aromatic carbocycles. The van der Waals surface area contributed by atoms with Gasteiger partial charge in [0, 0.05) is 0 Å². The predicted molar refractivity (Wildman–Crippen MR) is 70.3 cm³/mol. The van der Waals surface area contributed by atoms with Gasteiger partial charge in [-0.2, -0.15) is 5.10 Å². The van der Waals surface area contributed by atoms with Crippen LogP contribution in [0, 0.1) is 18.8 Å². The maximum atomic E-state index is 6.11. The van der Waals surface area contributed by atoms with Gasteiger partial charge in [-0.05, 0) is 47.5 Å². The van der Waals surface area contributed by atoms with Gasteiger partial charge in [0.1, 0.15) is 5.82 Å². The van der Waals surface area contributed by atoms with Crippen molar-refractivity contribution >= 4 is 21.7 Å². The van der Waals surface area contributed by atoms with E-state index in [0.29, 0.717) is 17.9 Å². The van der Waals surface area contributed by atoms with Crippen molar-refractivity contribution in [1.82, 2.24) is 9.78 Å². The van der Waals surface area contributed by atoms with E-state index < -0.39 is 0 Å². The average molecular weight is 286 g/mol. The molecule has 2 rings (SSSR count). The number of halogens is 1. The zero-order valence-corrected chi connectivity index (χ0v) is 11.8. The molecule has 2 atom stereocenters. The Morgan fingerprint density at radius 1 is 1.31 bits per heavy atom. The number of aryl methyl sites for hydroxylation is 1. The summed E-state index contributed by atoms with van der Waals surface area (Å²) in [7, 11) is 0. The Hall–Kier alpha value is -0.510. The lowest BCUT2D eigenvalue weighted by Gasteiger charge is -2.35. The van der Waals surface area contributed by atoms with E-state index in [1.54, 1.807) is 0 Å². The van der Waals surface area contributed by atoms with Gasteiger partial charge in [0.25, 0.3) is 0 Å². The molecule has 0 saturated heterocycles. The first-order chi connectivity index (χ1) is 7.52. The quantitative estimate of drug-likeness (QED) is 0.858. The molecule has 16 heavy (non-hydrogen) atoms. The van der Waals surface area contributed by atoms with Crippen LogP contribution in [-0.2, 0) is 0 Å². The van der Waals surface area contributed by atoms with Crippen molar-refractivity contribution in [3.05, 3.63) is 10.2 Å². The third kappa shape index (κ3) is 1.88. The molecule has 0 spiro atoms. The highest BCUT2D eigenvalue weighted by atomic mass is 79.9. The Bertz CT molecular complexity index is 376. The lowest BCUT2D eigenvalue weighted by molar-refractivity contribution is 0.172. The Morgan fingerprint density at radius 3 is 2.31 bits per heavy atom. The maximum absolute atomic E-state index is 6.11. The van der Waals surface area contributed by atoms with E-state index in [1.807, 2.05) is 11.6 Å². The fourth-order valence-corrected chi connectivity index (χ4v) is 3.18. The van der Waals surface area contributed by atoms with Gasteiger partial charge in [-0.1, -0.05) is 20.3 Å². The van der Waals surface area contributed by atoms with E-state index in [0.717, 1.165) is 16.0 Å². The third-order valence-corrected chi connectivity index (χ3v) is 4.79. The van der Waals surface area contributed by atoms with Gasteiger partial charge in [-0.25, -0.2) is 4.68 Å². The second-order valence-corrected chi connectivity index (χ2v) is 5.90. The lowest BCUT2D eigenvalue weighted by atomic mass is 9.79. The molecule has 1 aliphatic carbocycles. The Balaban J connectivity index is 2.37. The van der Waals surface area contributed by atoms with Crippen molar-refractivity contribution in [3.8, 4) is 0 Å². The first kappa shape index (κ1) is 12.0. The van der Waals surface area contributed by atoms with Crippen molar-refractivity contribution < 1.29 is 0 Å². The van der Waals surface area contributed by atoms with Crippen molar-refractivity contribution in [1.29, 1.82) is 0 Å². The van der Waals surface area contributed by atoms with Gasteiger partial charge in [-0.15, -0.1) is 0 Å². The van der Waals surface area contributed by atoms with Gasteiger partial charge >= 0.3 is 0 Å². The highest BCUT2D eigenvalue weighted by molar-refractivity contribution is 9.10. The molecule has 1 aliphatic rings. The molecule has 0 bridgehead atoms. The van der Waals surface area contributed by atoms with Gasteiger partial charge in [0.15, 0.2) is 0 Å². The Morgan fingerprint density at radius 2 is 1.88 bits per heavy atom. The topological polar surface area (TPSA) is 43.8 Å². The van der Waals surface area contributed by atoms with Crippen molar-refractivity contribution in [3.63, 3.8) is 0 Å². The van der Waals surface area contributed by atoms with Crippen LogP contribution >= 0.6 is 15.9 Å². The standard InChI is InChI=1S/C12H20BrN3/c1-7-5-4-6-8(2)11(7)16-12(14)10(13)9(3)15-16/h7-8,11H,4-6,14H2,1-3H3. The Kier molecular flexibility index (Phi) is 3.29. The fraction of sp³-hybridized carbons (Fsp3) is 0.750. The van der Waals surface area contributed by atoms with Crippen molar-refractivity contribution in [2.45, 2.75) is 46.1 Å². The first-order valence-corrected chi connectivity index (χ1v) is 6.81. The summed E-state index contributed by atoms with van der Waals surface area (Å²) >= 11 is 3.50. The second-order valence-electron chi connectivity index (χ2n) is 5.11. The molecular weight excluding hydrogens is 266 g/mol. The largest absolute Gasteiger partial charge is 0.383 e. The van der Waals surface area contributed by atoms with E-state index in [-0.39, 0.29) is 0 Å². The first-order valence-electron chi connectivity index (χ1n) is 6.02. The van der Waals surface area contributed by atoms with E-state index in [2.05, 4.69) is 34.9 Å². The summed E-state index contributed by atoms with van der Waals surface area (Å²) in [6, 6.07) is 0.457. The van der Waals surface area contributed by atoms with E-state index in [1.165, 1.54) is 19.3 Å². The summed E-state index contributed by atoms with van der Waals surface area (Å²) in [6.07, 6.45) is 3.90. The highest BCUT2D eigenvalue weighted by Gasteiger charge is 2.31. The predicted octanol–water partition coefficient (Wildman–Crippen LogP) is 3.53. The smallest absolute Gasteiger partial charge is 0.136 e. The molecule has 0 amide bonds. The number of nitrogens with zero attached hydrogens (tertiary/aromatic N) is 2. The number of nitrogens with two attached hydrogens (primary N) is 1. The fourth-order valence-electron chi connectivity index (χ4n) is 2.92. The number of aromatic nitrogens is 2. The lowest BCUT2D eigenvalue weighted by Crippen LogP contribution is -2.29. The number of nitrogen functional groups attached to an aromatic ring is 1. The van der Waals surface area contributed by atoms with Crippen LogP contribution in [0.25, 0.3) is 0 Å². The normalized spacial score (nSPS) is 30.6. The molecule has 1 fully saturated rings. The van der Waals surface area contributed by atoms with Crippen LogP contribution in [-0.4, -0.2) is 9.78 Å². The van der Waals surface area contributed by atoms with Crippen LogP contribution in [0.15, 0.2) is 4.47 Å². The number of hydrogen-bond donors (Lipinski definition) is 1. The van der Waals surface area contributed by atoms with E-state index in [4.69, 9.17) is 5.73 Å². The molecular formula is C12H20BrN3. The summed E-state index contributed by atoms with van der Waals surface area (Å²) in [6.45, 7) is 6.62. The summed E-state index contributed by atoms with van der Waals surface area (Å²) in [5, 5.41) is 4.58. The van der Waals surface area contributed by atoms with Gasteiger partial charge in [0.05, 0.1) is 16.2 Å². The SMILES string of the molecule is Cc1nn(C2C(C)CCCC2C)c(N)c1Br. The van der Waals surface area contributed by atoms with Crippen LogP contribution in [0.5, 0.6) is 0 Å². The molecule has 0 aliphatic heterocycles. The highest BCUT2D eigenvalue weighted by Crippen LogP contribution is 2.40. The van der Waals surface area contributed by atoms with Crippen LogP contribution in [0.1, 0.15) is 44.8 Å². The molecule has 4 heteroatoms. The van der Waals surface area contributed by atoms with Gasteiger partial charge in [-0.3, -0.25) is 0 Å². The average Bonchev–Trinajstić information content (AvgIpc) is 2.47. The van der Waals surface area contributed by atoms with Gasteiger partial charge in [0.2, 0.25) is 0 Å². The van der Waals surface area contributed by atoms with Crippen LogP contribution in [0.2, 0.25) is 0 Å².